The molecular formula is C15H24F3N3O. The van der Waals surface area contributed by atoms with Gasteiger partial charge in [-0.05, 0) is 43.9 Å². The number of ether oxygens (including phenoxy) is 1. The van der Waals surface area contributed by atoms with Crippen LogP contribution in [0.3, 0.4) is 0 Å². The molecule has 1 aromatic rings. The molecule has 0 atom stereocenters. The third-order valence-electron chi connectivity index (χ3n) is 3.24. The van der Waals surface area contributed by atoms with Gasteiger partial charge in [0.1, 0.15) is 5.82 Å². The first-order chi connectivity index (χ1) is 10.5. The number of nitrogens with zero attached hydrogens (tertiary/aromatic N) is 1. The van der Waals surface area contributed by atoms with Gasteiger partial charge >= 0.3 is 6.36 Å². The summed E-state index contributed by atoms with van der Waals surface area (Å²) in [5.74, 6) is 0.919. The number of hydrogen-bond donors (Lipinski definition) is 2. The number of pyridine rings is 1. The van der Waals surface area contributed by atoms with Crippen LogP contribution < -0.4 is 10.6 Å². The van der Waals surface area contributed by atoms with E-state index in [1.54, 1.807) is 0 Å². The number of aryl methyl sites for hydroxylation is 2. The lowest BCUT2D eigenvalue weighted by Crippen LogP contribution is -2.25. The molecule has 1 aromatic heterocycles. The molecule has 0 unspecified atom stereocenters. The van der Waals surface area contributed by atoms with Crippen molar-refractivity contribution in [2.45, 2.75) is 39.0 Å². The fourth-order valence-electron chi connectivity index (χ4n) is 2.09. The van der Waals surface area contributed by atoms with Crippen LogP contribution in [0.2, 0.25) is 0 Å². The molecule has 0 fully saturated rings. The van der Waals surface area contributed by atoms with Gasteiger partial charge in [-0.2, -0.15) is 0 Å². The Bertz CT molecular complexity index is 439. The molecule has 0 saturated heterocycles. The molecule has 4 nitrogen and oxygen atoms in total. The Morgan fingerprint density at radius 3 is 2.59 bits per heavy atom. The van der Waals surface area contributed by atoms with Crippen molar-refractivity contribution in [3.63, 3.8) is 0 Å². The summed E-state index contributed by atoms with van der Waals surface area (Å²) in [6.07, 6.45) is -0.914. The van der Waals surface area contributed by atoms with Crippen molar-refractivity contribution in [1.29, 1.82) is 0 Å². The van der Waals surface area contributed by atoms with Gasteiger partial charge in [-0.25, -0.2) is 4.98 Å². The Balaban J connectivity index is 2.15. The Labute approximate surface area is 129 Å². The third kappa shape index (κ3) is 7.61. The molecule has 126 valence electrons. The number of alkyl halides is 3. The smallest absolute Gasteiger partial charge is 0.373 e. The normalized spacial score (nSPS) is 11.7. The predicted molar refractivity (Wildman–Crippen MR) is 81.0 cm³/mol. The fourth-order valence-corrected chi connectivity index (χ4v) is 2.09. The summed E-state index contributed by atoms with van der Waals surface area (Å²) in [6, 6.07) is 4.12. The van der Waals surface area contributed by atoms with Crippen molar-refractivity contribution in [3.05, 3.63) is 23.4 Å². The largest absolute Gasteiger partial charge is 0.522 e. The van der Waals surface area contributed by atoms with Gasteiger partial charge in [-0.1, -0.05) is 13.0 Å². The summed E-state index contributed by atoms with van der Waals surface area (Å²) in [5, 5.41) is 6.02. The highest BCUT2D eigenvalue weighted by Crippen LogP contribution is 2.15. The van der Waals surface area contributed by atoms with Crippen LogP contribution >= 0.6 is 0 Å². The van der Waals surface area contributed by atoms with Gasteiger partial charge in [-0.15, -0.1) is 13.2 Å². The Morgan fingerprint density at radius 2 is 1.95 bits per heavy atom. The molecule has 7 heteroatoms. The molecule has 0 radical (unpaired) electrons. The lowest BCUT2D eigenvalue weighted by molar-refractivity contribution is -0.323. The molecule has 1 rings (SSSR count). The average Bonchev–Trinajstić information content (AvgIpc) is 2.48. The first-order valence-corrected chi connectivity index (χ1v) is 7.54. The van der Waals surface area contributed by atoms with Crippen molar-refractivity contribution < 1.29 is 17.9 Å². The average molecular weight is 319 g/mol. The molecule has 0 bridgehead atoms. The van der Waals surface area contributed by atoms with Crippen LogP contribution in [0.4, 0.5) is 19.0 Å². The van der Waals surface area contributed by atoms with Crippen LogP contribution in [0.15, 0.2) is 12.1 Å². The van der Waals surface area contributed by atoms with Crippen LogP contribution in [-0.2, 0) is 17.6 Å². The lowest BCUT2D eigenvalue weighted by Gasteiger charge is -2.09. The van der Waals surface area contributed by atoms with Gasteiger partial charge in [0.2, 0.25) is 0 Å². The first-order valence-electron chi connectivity index (χ1n) is 7.54. The molecule has 0 spiro atoms. The first kappa shape index (κ1) is 18.7. The quantitative estimate of drug-likeness (QED) is 0.651. The number of rotatable bonds is 10. The topological polar surface area (TPSA) is 46.2 Å². The van der Waals surface area contributed by atoms with E-state index < -0.39 is 6.36 Å². The lowest BCUT2D eigenvalue weighted by atomic mass is 10.1. The predicted octanol–water partition coefficient (Wildman–Crippen LogP) is 3.13. The third-order valence-corrected chi connectivity index (χ3v) is 3.24. The van der Waals surface area contributed by atoms with Crippen molar-refractivity contribution in [2.24, 2.45) is 0 Å². The van der Waals surface area contributed by atoms with Crippen LogP contribution in [0.5, 0.6) is 0 Å². The van der Waals surface area contributed by atoms with E-state index in [-0.39, 0.29) is 13.2 Å². The Hall–Kier alpha value is -1.34. The maximum absolute atomic E-state index is 11.7. The van der Waals surface area contributed by atoms with E-state index in [1.807, 2.05) is 13.1 Å². The highest BCUT2D eigenvalue weighted by atomic mass is 19.4. The number of hydrogen-bond acceptors (Lipinski definition) is 4. The van der Waals surface area contributed by atoms with Gasteiger partial charge in [0.25, 0.3) is 0 Å². The molecule has 0 saturated carbocycles. The van der Waals surface area contributed by atoms with Crippen molar-refractivity contribution >= 4 is 5.82 Å². The number of anilines is 1. The molecule has 0 aliphatic rings. The summed E-state index contributed by atoms with van der Waals surface area (Å²) in [6.45, 7) is 2.61. The van der Waals surface area contributed by atoms with Crippen molar-refractivity contribution in [1.82, 2.24) is 10.3 Å². The maximum Gasteiger partial charge on any atom is 0.522 e. The molecular weight excluding hydrogens is 295 g/mol. The van der Waals surface area contributed by atoms with Crippen molar-refractivity contribution in [2.75, 3.05) is 32.1 Å². The SMILES string of the molecule is CCc1ccc(CCCCNCCOC(F)(F)F)nc1NC. The molecule has 2 N–H and O–H groups in total. The summed E-state index contributed by atoms with van der Waals surface area (Å²) < 4.78 is 38.9. The highest BCUT2D eigenvalue weighted by molar-refractivity contribution is 5.44. The van der Waals surface area contributed by atoms with E-state index in [2.05, 4.69) is 33.3 Å². The summed E-state index contributed by atoms with van der Waals surface area (Å²) >= 11 is 0. The van der Waals surface area contributed by atoms with E-state index in [1.165, 1.54) is 5.56 Å². The number of aromatic nitrogens is 1. The second-order valence-corrected chi connectivity index (χ2v) is 4.92. The summed E-state index contributed by atoms with van der Waals surface area (Å²) in [5.41, 5.74) is 2.22. The number of unbranched alkanes of at least 4 members (excludes halogenated alkanes) is 1. The van der Waals surface area contributed by atoms with Gasteiger partial charge in [-0.3, -0.25) is 4.74 Å². The van der Waals surface area contributed by atoms with Crippen LogP contribution in [0.25, 0.3) is 0 Å². The minimum absolute atomic E-state index is 0.201. The number of nitrogens with one attached hydrogen (secondary N) is 2. The monoisotopic (exact) mass is 319 g/mol. The molecule has 0 amide bonds. The van der Waals surface area contributed by atoms with E-state index >= 15 is 0 Å². The minimum Gasteiger partial charge on any atom is -0.373 e. The Kier molecular flexibility index (Phi) is 8.19. The van der Waals surface area contributed by atoms with E-state index in [0.29, 0.717) is 6.54 Å². The number of halogens is 3. The Morgan fingerprint density at radius 1 is 1.18 bits per heavy atom. The van der Waals surface area contributed by atoms with Gasteiger partial charge < -0.3 is 10.6 Å². The molecule has 1 heterocycles. The van der Waals surface area contributed by atoms with Gasteiger partial charge in [0, 0.05) is 19.3 Å². The van der Waals surface area contributed by atoms with Crippen LogP contribution in [0.1, 0.15) is 31.0 Å². The zero-order chi connectivity index (χ0) is 16.4. The molecule has 0 aliphatic carbocycles. The standard InChI is InChI=1S/C15H24F3N3O/c1-3-12-7-8-13(21-14(12)19-2)6-4-5-9-20-10-11-22-15(16,17)18/h7-8,20H,3-6,9-11H2,1-2H3,(H,19,21). The minimum atomic E-state index is -4.54. The van der Waals surface area contributed by atoms with E-state index in [9.17, 15) is 13.2 Å². The van der Waals surface area contributed by atoms with Gasteiger partial charge in [0.05, 0.1) is 6.61 Å². The van der Waals surface area contributed by atoms with Crippen molar-refractivity contribution in [3.8, 4) is 0 Å². The van der Waals surface area contributed by atoms with E-state index in [0.717, 1.165) is 37.2 Å². The maximum atomic E-state index is 11.7. The second-order valence-electron chi connectivity index (χ2n) is 4.92. The molecule has 0 aromatic carbocycles. The zero-order valence-corrected chi connectivity index (χ0v) is 13.1. The molecule has 22 heavy (non-hydrogen) atoms. The molecule has 0 aliphatic heterocycles. The van der Waals surface area contributed by atoms with Crippen LogP contribution in [-0.4, -0.2) is 38.1 Å². The van der Waals surface area contributed by atoms with Crippen LogP contribution in [0, 0.1) is 0 Å². The van der Waals surface area contributed by atoms with Gasteiger partial charge in [0.15, 0.2) is 0 Å². The van der Waals surface area contributed by atoms with E-state index in [4.69, 9.17) is 0 Å². The fraction of sp³-hybridized carbons (Fsp3) is 0.667. The summed E-state index contributed by atoms with van der Waals surface area (Å²) in [4.78, 5) is 4.56. The highest BCUT2D eigenvalue weighted by Gasteiger charge is 2.28. The zero-order valence-electron chi connectivity index (χ0n) is 13.1. The summed E-state index contributed by atoms with van der Waals surface area (Å²) in [7, 11) is 1.86. The second kappa shape index (κ2) is 9.63.